The van der Waals surface area contributed by atoms with Crippen LogP contribution in [0.25, 0.3) is 0 Å². The van der Waals surface area contributed by atoms with E-state index in [1.54, 1.807) is 24.5 Å². The molecule has 2 aromatic rings. The van der Waals surface area contributed by atoms with Crippen molar-refractivity contribution in [3.63, 3.8) is 0 Å². The van der Waals surface area contributed by atoms with Crippen LogP contribution < -0.4 is 4.90 Å². The minimum atomic E-state index is -10.7. The third-order valence-corrected chi connectivity index (χ3v) is 2.69. The molecule has 39 heavy (non-hydrogen) atoms. The molecule has 226 valence electrons. The van der Waals surface area contributed by atoms with Crippen LogP contribution in [0.3, 0.4) is 0 Å². The Morgan fingerprint density at radius 2 is 1.10 bits per heavy atom. The van der Waals surface area contributed by atoms with Crippen molar-refractivity contribution in [1.82, 2.24) is 19.9 Å². The molecule has 0 amide bonds. The van der Waals surface area contributed by atoms with Crippen LogP contribution >= 0.6 is 15.6 Å². The summed E-state index contributed by atoms with van der Waals surface area (Å²) in [6.07, 6.45) is 9.33. The van der Waals surface area contributed by atoms with Gasteiger partial charge in [-0.05, 0) is 18.2 Å². The minimum Gasteiger partial charge on any atom is 2.00 e. The summed E-state index contributed by atoms with van der Waals surface area (Å²) in [7, 11) is -21.3. The van der Waals surface area contributed by atoms with E-state index in [2.05, 4.69) is 19.9 Å². The van der Waals surface area contributed by atoms with E-state index in [9.17, 15) is 50.4 Å². The minimum absolute atomic E-state index is 0. The predicted octanol–water partition coefficient (Wildman–Crippen LogP) is 9.44. The van der Waals surface area contributed by atoms with Crippen molar-refractivity contribution < 1.29 is 70.8 Å². The second kappa shape index (κ2) is 13.5. The molecule has 0 aromatic carbocycles. The number of rotatable bonds is 3. The molecule has 3 rings (SSSR count). The monoisotopic (exact) mass is 717 g/mol. The second-order valence-corrected chi connectivity index (χ2v) is 10.2. The molecule has 1 aliphatic rings. The number of hydrogen-bond donors (Lipinski definition) is 0. The SMILES string of the molecule is C1=CN(c2ncccn2)CN1Cc1ccccn1.CC#N.CC#N.F[P-](F)(F)(F)(F)F.F[P-](F)(F)(F)(F)F.[Pd+2]. The van der Waals surface area contributed by atoms with Crippen LogP contribution in [-0.2, 0) is 27.0 Å². The van der Waals surface area contributed by atoms with Crippen LogP contribution in [0.4, 0.5) is 56.3 Å². The normalized spacial score (nSPS) is 15.3. The number of halogens is 12. The van der Waals surface area contributed by atoms with Gasteiger partial charge in [0.1, 0.15) is 0 Å². The molecule has 22 heteroatoms. The summed E-state index contributed by atoms with van der Waals surface area (Å²) in [5.74, 6) is 0.720. The molecule has 0 aliphatic carbocycles. The smallest absolute Gasteiger partial charge is 2.00 e. The first-order valence-corrected chi connectivity index (χ1v) is 13.3. The zero-order valence-electron chi connectivity index (χ0n) is 19.5. The summed E-state index contributed by atoms with van der Waals surface area (Å²) >= 11 is 0. The Bertz CT molecular complexity index is 1040. The summed E-state index contributed by atoms with van der Waals surface area (Å²) in [5.41, 5.74) is 1.05. The molecule has 0 radical (unpaired) electrons. The zero-order chi connectivity index (χ0) is 30.4. The van der Waals surface area contributed by atoms with Gasteiger partial charge < -0.3 is 4.90 Å². The third-order valence-electron chi connectivity index (χ3n) is 2.69. The fourth-order valence-corrected chi connectivity index (χ4v) is 1.84. The quantitative estimate of drug-likeness (QED) is 0.178. The summed E-state index contributed by atoms with van der Waals surface area (Å²) in [4.78, 5) is 16.9. The molecule has 0 bridgehead atoms. The fraction of sp³-hybridized carbons (Fsp3) is 0.235. The van der Waals surface area contributed by atoms with Crippen molar-refractivity contribution in [3.05, 3.63) is 60.9 Å². The van der Waals surface area contributed by atoms with Gasteiger partial charge in [0.2, 0.25) is 5.95 Å². The number of nitrogens with zero attached hydrogens (tertiary/aromatic N) is 7. The van der Waals surface area contributed by atoms with Gasteiger partial charge in [-0.15, -0.1) is 0 Å². The van der Waals surface area contributed by atoms with Crippen LogP contribution in [0, 0.1) is 22.7 Å². The topological polar surface area (TPSA) is 92.7 Å². The van der Waals surface area contributed by atoms with Gasteiger partial charge in [-0.1, -0.05) is 6.07 Å². The number of hydrogen-bond acceptors (Lipinski definition) is 7. The maximum atomic E-state index is 9.87. The molecular weight excluding hydrogens is 699 g/mol. The van der Waals surface area contributed by atoms with Gasteiger partial charge in [0.15, 0.2) is 0 Å². The van der Waals surface area contributed by atoms with Crippen molar-refractivity contribution in [3.8, 4) is 12.1 Å². The van der Waals surface area contributed by atoms with Crippen molar-refractivity contribution >= 4 is 21.6 Å². The molecule has 1 aliphatic heterocycles. The van der Waals surface area contributed by atoms with E-state index in [0.29, 0.717) is 0 Å². The van der Waals surface area contributed by atoms with Crippen LogP contribution in [-0.4, -0.2) is 26.5 Å². The molecule has 0 saturated carbocycles. The first kappa shape index (κ1) is 40.7. The van der Waals surface area contributed by atoms with Gasteiger partial charge in [-0.2, -0.15) is 10.5 Å². The standard InChI is InChI=1S/C13H13N5.2C2H3N.2F6P.Pd/c1-2-5-14-12(4-1)10-17-8-9-18(11-17)13-15-6-3-7-16-13;2*1-2-3;2*1-7(2,3,4,5)6;/h1-9H,10-11H2;2*1H3;;;/q;;;2*-1;+2. The molecule has 0 saturated heterocycles. The van der Waals surface area contributed by atoms with Gasteiger partial charge in [-0.25, -0.2) is 9.97 Å². The summed E-state index contributed by atoms with van der Waals surface area (Å²) in [6, 6.07) is 11.3. The van der Waals surface area contributed by atoms with Gasteiger partial charge in [0.25, 0.3) is 0 Å². The summed E-state index contributed by atoms with van der Waals surface area (Å²) in [5, 5.41) is 14.6. The third kappa shape index (κ3) is 42.6. The van der Waals surface area contributed by atoms with E-state index in [-0.39, 0.29) is 20.4 Å². The molecule has 0 spiro atoms. The van der Waals surface area contributed by atoms with E-state index in [1.165, 1.54) is 13.8 Å². The van der Waals surface area contributed by atoms with Gasteiger partial charge >= 0.3 is 86.4 Å². The molecule has 7 nitrogen and oxygen atoms in total. The van der Waals surface area contributed by atoms with E-state index in [4.69, 9.17) is 10.5 Å². The first-order valence-electron chi connectivity index (χ1n) is 9.25. The fourth-order valence-electron chi connectivity index (χ4n) is 1.84. The Balaban J connectivity index is -0.000000518. The predicted molar refractivity (Wildman–Crippen MR) is 118 cm³/mol. The first-order chi connectivity index (χ1) is 16.6. The second-order valence-electron chi connectivity index (χ2n) is 6.39. The number of anilines is 1. The van der Waals surface area contributed by atoms with E-state index < -0.39 is 15.6 Å². The van der Waals surface area contributed by atoms with Crippen LogP contribution in [0.5, 0.6) is 0 Å². The Hall–Kier alpha value is -2.77. The molecule has 0 unspecified atom stereocenters. The van der Waals surface area contributed by atoms with Crippen molar-refractivity contribution in [1.29, 1.82) is 10.5 Å². The molecule has 0 fully saturated rings. The Morgan fingerprint density at radius 1 is 0.718 bits per heavy atom. The largest absolute Gasteiger partial charge is 2.00 e. The van der Waals surface area contributed by atoms with Crippen LogP contribution in [0.15, 0.2) is 55.3 Å². The number of aromatic nitrogens is 3. The Morgan fingerprint density at radius 3 is 1.46 bits per heavy atom. The van der Waals surface area contributed by atoms with Crippen LogP contribution in [0.1, 0.15) is 19.5 Å². The van der Waals surface area contributed by atoms with Crippen LogP contribution in [0.2, 0.25) is 0 Å². The van der Waals surface area contributed by atoms with E-state index in [1.807, 2.05) is 47.8 Å². The van der Waals surface area contributed by atoms with Crippen molar-refractivity contribution in [2.75, 3.05) is 11.6 Å². The average Bonchev–Trinajstić information content (AvgIpc) is 3.14. The molecule has 0 N–H and O–H groups in total. The molecule has 2 aromatic heterocycles. The number of nitriles is 2. The van der Waals surface area contributed by atoms with Gasteiger partial charge in [-0.3, -0.25) is 9.88 Å². The van der Waals surface area contributed by atoms with Crippen molar-refractivity contribution in [2.24, 2.45) is 0 Å². The van der Waals surface area contributed by atoms with E-state index >= 15 is 0 Å². The zero-order valence-corrected chi connectivity index (χ0v) is 22.8. The summed E-state index contributed by atoms with van der Waals surface area (Å²) < 4.78 is 118. The molecule has 3 heterocycles. The molecule has 0 atom stereocenters. The van der Waals surface area contributed by atoms with Gasteiger partial charge in [0, 0.05) is 44.8 Å². The Kier molecular flexibility index (Phi) is 14.1. The van der Waals surface area contributed by atoms with E-state index in [0.717, 1.165) is 24.9 Å². The summed E-state index contributed by atoms with van der Waals surface area (Å²) in [6.45, 7) is 4.40. The van der Waals surface area contributed by atoms with Gasteiger partial charge in [0.05, 0.1) is 31.0 Å². The van der Waals surface area contributed by atoms with Crippen molar-refractivity contribution in [2.45, 2.75) is 20.4 Å². The Labute approximate surface area is 227 Å². The number of pyridine rings is 1. The average molecular weight is 718 g/mol. The molecular formula is C17H19F12N7P2Pd. The maximum absolute atomic E-state index is 10.7. The maximum Gasteiger partial charge on any atom is 2.00 e.